The standard InChI is InChI=1S/C22H27N3O5S/c1-14(22(27)17-6-8-19-16(12-17)10-11-25(19)15(2)26)23-18-7-9-20(30-5)21(13-18)31(28,29)24(3)4/h6-9,12-14,23H,10-11H2,1-5H3/t14-/m0/s1. The van der Waals surface area contributed by atoms with Crippen LogP contribution in [0.3, 0.4) is 0 Å². The molecule has 0 saturated carbocycles. The zero-order chi connectivity index (χ0) is 22.9. The number of amides is 1. The first-order valence-corrected chi connectivity index (χ1v) is 11.3. The number of benzene rings is 2. The van der Waals surface area contributed by atoms with Crippen LogP contribution >= 0.6 is 0 Å². The number of ketones is 1. The Morgan fingerprint density at radius 1 is 1.16 bits per heavy atom. The number of hydrogen-bond acceptors (Lipinski definition) is 6. The number of Topliss-reactive ketones (excluding diaryl/α,β-unsaturated/α-hetero) is 1. The third kappa shape index (κ3) is 4.42. The molecule has 0 unspecified atom stereocenters. The molecule has 2 aromatic carbocycles. The van der Waals surface area contributed by atoms with Crippen molar-refractivity contribution in [3.63, 3.8) is 0 Å². The van der Waals surface area contributed by atoms with Gasteiger partial charge < -0.3 is 15.0 Å². The lowest BCUT2D eigenvalue weighted by molar-refractivity contribution is -0.116. The summed E-state index contributed by atoms with van der Waals surface area (Å²) in [6.07, 6.45) is 0.710. The highest BCUT2D eigenvalue weighted by molar-refractivity contribution is 7.89. The van der Waals surface area contributed by atoms with Gasteiger partial charge in [0, 0.05) is 44.5 Å². The predicted molar refractivity (Wildman–Crippen MR) is 119 cm³/mol. The Hall–Kier alpha value is -2.91. The molecular weight excluding hydrogens is 418 g/mol. The van der Waals surface area contributed by atoms with E-state index in [1.165, 1.54) is 34.2 Å². The molecule has 3 rings (SSSR count). The summed E-state index contributed by atoms with van der Waals surface area (Å²) in [6, 6.07) is 9.45. The fourth-order valence-corrected chi connectivity index (χ4v) is 4.69. The number of carbonyl (C=O) groups is 2. The molecule has 166 valence electrons. The molecule has 31 heavy (non-hydrogen) atoms. The molecule has 1 heterocycles. The highest BCUT2D eigenvalue weighted by Crippen LogP contribution is 2.31. The molecule has 1 amide bonds. The molecule has 0 bridgehead atoms. The van der Waals surface area contributed by atoms with Crippen LogP contribution in [0, 0.1) is 0 Å². The Morgan fingerprint density at radius 3 is 2.48 bits per heavy atom. The van der Waals surface area contributed by atoms with Crippen LogP contribution in [0.1, 0.15) is 29.8 Å². The van der Waals surface area contributed by atoms with Crippen LogP contribution in [-0.2, 0) is 21.2 Å². The van der Waals surface area contributed by atoms with Gasteiger partial charge in [0.15, 0.2) is 5.78 Å². The third-order valence-electron chi connectivity index (χ3n) is 5.34. The average Bonchev–Trinajstić information content (AvgIpc) is 3.16. The van der Waals surface area contributed by atoms with Crippen LogP contribution in [0.25, 0.3) is 0 Å². The first-order chi connectivity index (χ1) is 14.6. The number of fused-ring (bicyclic) bond motifs is 1. The number of anilines is 2. The van der Waals surface area contributed by atoms with Crippen LogP contribution < -0.4 is 15.0 Å². The number of carbonyl (C=O) groups excluding carboxylic acids is 2. The molecule has 0 saturated heterocycles. The Morgan fingerprint density at radius 2 is 1.87 bits per heavy atom. The lowest BCUT2D eigenvalue weighted by Gasteiger charge is -2.19. The van der Waals surface area contributed by atoms with Crippen LogP contribution in [-0.4, -0.2) is 58.2 Å². The summed E-state index contributed by atoms with van der Waals surface area (Å²) >= 11 is 0. The molecule has 1 atom stereocenters. The van der Waals surface area contributed by atoms with E-state index in [-0.39, 0.29) is 22.3 Å². The average molecular weight is 446 g/mol. The number of nitrogens with zero attached hydrogens (tertiary/aromatic N) is 2. The summed E-state index contributed by atoms with van der Waals surface area (Å²) in [7, 11) is 0.582. The van der Waals surface area contributed by atoms with Crippen LogP contribution in [0.15, 0.2) is 41.3 Å². The monoisotopic (exact) mass is 445 g/mol. The number of hydrogen-bond donors (Lipinski definition) is 1. The Bertz CT molecular complexity index is 1130. The number of rotatable bonds is 7. The first kappa shape index (κ1) is 22.8. The lowest BCUT2D eigenvalue weighted by Crippen LogP contribution is -2.27. The third-order valence-corrected chi connectivity index (χ3v) is 7.17. The van der Waals surface area contributed by atoms with Crippen LogP contribution in [0.4, 0.5) is 11.4 Å². The fraction of sp³-hybridized carbons (Fsp3) is 0.364. The second-order valence-electron chi connectivity index (χ2n) is 7.65. The molecule has 0 spiro atoms. The van der Waals surface area contributed by atoms with E-state index in [0.717, 1.165) is 15.6 Å². The number of ether oxygens (including phenoxy) is 1. The van der Waals surface area contributed by atoms with Crippen molar-refractivity contribution in [3.8, 4) is 5.75 Å². The highest BCUT2D eigenvalue weighted by Gasteiger charge is 2.26. The van der Waals surface area contributed by atoms with Gasteiger partial charge in [-0.15, -0.1) is 0 Å². The number of methoxy groups -OCH3 is 1. The van der Waals surface area contributed by atoms with Crippen molar-refractivity contribution < 1.29 is 22.7 Å². The minimum absolute atomic E-state index is 0.0177. The predicted octanol–water partition coefficient (Wildman–Crippen LogP) is 2.54. The maximum Gasteiger partial charge on any atom is 0.246 e. The van der Waals surface area contributed by atoms with Gasteiger partial charge in [0.1, 0.15) is 10.6 Å². The van der Waals surface area contributed by atoms with Crippen molar-refractivity contribution in [2.24, 2.45) is 0 Å². The van der Waals surface area contributed by atoms with Gasteiger partial charge in [-0.2, -0.15) is 0 Å². The number of sulfonamides is 1. The van der Waals surface area contributed by atoms with Crippen molar-refractivity contribution >= 4 is 33.1 Å². The largest absolute Gasteiger partial charge is 0.495 e. The Labute approximate surface area is 182 Å². The summed E-state index contributed by atoms with van der Waals surface area (Å²) in [5.41, 5.74) is 2.85. The van der Waals surface area contributed by atoms with Crippen molar-refractivity contribution in [3.05, 3.63) is 47.5 Å². The SMILES string of the molecule is COc1ccc(N[C@@H](C)C(=O)c2ccc3c(c2)CCN3C(C)=O)cc1S(=O)(=O)N(C)C. The molecule has 1 aliphatic heterocycles. The highest BCUT2D eigenvalue weighted by atomic mass is 32.2. The second kappa shape index (κ2) is 8.68. The summed E-state index contributed by atoms with van der Waals surface area (Å²) in [4.78, 5) is 26.4. The van der Waals surface area contributed by atoms with Gasteiger partial charge in [0.05, 0.1) is 13.2 Å². The quantitative estimate of drug-likeness (QED) is 0.658. The fourth-order valence-electron chi connectivity index (χ4n) is 3.61. The van der Waals surface area contributed by atoms with Crippen LogP contribution in [0.5, 0.6) is 5.75 Å². The minimum Gasteiger partial charge on any atom is -0.495 e. The molecule has 0 aliphatic carbocycles. The normalized spacial score (nSPS) is 14.3. The molecule has 0 radical (unpaired) electrons. The zero-order valence-corrected chi connectivity index (χ0v) is 19.1. The lowest BCUT2D eigenvalue weighted by atomic mass is 10.0. The van der Waals surface area contributed by atoms with Crippen molar-refractivity contribution in [1.82, 2.24) is 4.31 Å². The molecule has 9 heteroatoms. The first-order valence-electron chi connectivity index (χ1n) is 9.88. The van der Waals surface area contributed by atoms with Gasteiger partial charge in [0.25, 0.3) is 0 Å². The van der Waals surface area contributed by atoms with Crippen molar-refractivity contribution in [1.29, 1.82) is 0 Å². The summed E-state index contributed by atoms with van der Waals surface area (Å²) in [6.45, 7) is 3.87. The second-order valence-corrected chi connectivity index (χ2v) is 9.77. The van der Waals surface area contributed by atoms with E-state index in [0.29, 0.717) is 24.2 Å². The maximum atomic E-state index is 13.0. The van der Waals surface area contributed by atoms with Crippen LogP contribution in [0.2, 0.25) is 0 Å². The van der Waals surface area contributed by atoms with E-state index in [1.807, 2.05) is 6.07 Å². The van der Waals surface area contributed by atoms with Crippen molar-refractivity contribution in [2.45, 2.75) is 31.2 Å². The van der Waals surface area contributed by atoms with Gasteiger partial charge in [0.2, 0.25) is 15.9 Å². The van der Waals surface area contributed by atoms with Gasteiger partial charge in [-0.1, -0.05) is 0 Å². The minimum atomic E-state index is -3.72. The molecule has 0 aromatic heterocycles. The maximum absolute atomic E-state index is 13.0. The van der Waals surface area contributed by atoms with Gasteiger partial charge in [-0.25, -0.2) is 12.7 Å². The summed E-state index contributed by atoms with van der Waals surface area (Å²) in [5, 5.41) is 3.08. The van der Waals surface area contributed by atoms with E-state index in [2.05, 4.69) is 5.32 Å². The van der Waals surface area contributed by atoms with E-state index in [4.69, 9.17) is 4.74 Å². The van der Waals surface area contributed by atoms with E-state index in [9.17, 15) is 18.0 Å². The molecule has 2 aromatic rings. The molecular formula is C22H27N3O5S. The molecule has 0 fully saturated rings. The zero-order valence-electron chi connectivity index (χ0n) is 18.3. The van der Waals surface area contributed by atoms with E-state index >= 15 is 0 Å². The summed E-state index contributed by atoms with van der Waals surface area (Å²) in [5.74, 6) is 0.0830. The van der Waals surface area contributed by atoms with Gasteiger partial charge >= 0.3 is 0 Å². The molecule has 8 nitrogen and oxygen atoms in total. The van der Waals surface area contributed by atoms with Crippen molar-refractivity contribution in [2.75, 3.05) is 38.0 Å². The topological polar surface area (TPSA) is 96.0 Å². The molecule has 1 N–H and O–H groups in total. The Balaban J connectivity index is 1.83. The van der Waals surface area contributed by atoms with Gasteiger partial charge in [-0.3, -0.25) is 9.59 Å². The van der Waals surface area contributed by atoms with E-state index in [1.54, 1.807) is 36.1 Å². The van der Waals surface area contributed by atoms with E-state index < -0.39 is 16.1 Å². The van der Waals surface area contributed by atoms with Gasteiger partial charge in [-0.05, 0) is 55.3 Å². The number of nitrogens with one attached hydrogen (secondary N) is 1. The smallest absolute Gasteiger partial charge is 0.246 e. The summed E-state index contributed by atoms with van der Waals surface area (Å²) < 4.78 is 31.5. The Kier molecular flexibility index (Phi) is 6.38. The molecule has 1 aliphatic rings.